The van der Waals surface area contributed by atoms with E-state index in [1.807, 2.05) is 0 Å². The zero-order chi connectivity index (χ0) is 19.2. The fourth-order valence-corrected chi connectivity index (χ4v) is 3.33. The van der Waals surface area contributed by atoms with E-state index in [9.17, 15) is 14.4 Å². The molecule has 4 amide bonds. The molecule has 0 saturated carbocycles. The number of carbonyl (C=O) groups excluding carboxylic acids is 3. The van der Waals surface area contributed by atoms with Crippen molar-refractivity contribution >= 4 is 29.7 Å². The molecule has 2 aliphatic heterocycles. The molecule has 0 spiro atoms. The van der Waals surface area contributed by atoms with E-state index in [0.717, 1.165) is 24.5 Å². The Morgan fingerprint density at radius 3 is 2.67 bits per heavy atom. The van der Waals surface area contributed by atoms with Gasteiger partial charge in [0, 0.05) is 12.8 Å². The van der Waals surface area contributed by atoms with Gasteiger partial charge in [0.1, 0.15) is 5.75 Å². The number of ether oxygens (including phenoxy) is 1. The number of amides is 4. The Hall–Kier alpha value is -2.74. The molecule has 0 aromatic heterocycles. The number of benzene rings is 1. The van der Waals surface area contributed by atoms with Crippen molar-refractivity contribution in [2.75, 3.05) is 38.2 Å². The van der Waals surface area contributed by atoms with Crippen molar-refractivity contribution in [2.45, 2.75) is 19.3 Å². The summed E-state index contributed by atoms with van der Waals surface area (Å²) in [6.45, 7) is 3.44. The van der Waals surface area contributed by atoms with Gasteiger partial charge in [-0.2, -0.15) is 0 Å². The highest BCUT2D eigenvalue weighted by molar-refractivity contribution is 6.32. The van der Waals surface area contributed by atoms with Gasteiger partial charge in [-0.25, -0.2) is 9.69 Å². The van der Waals surface area contributed by atoms with Crippen LogP contribution in [-0.2, 0) is 9.59 Å². The third-order valence-corrected chi connectivity index (χ3v) is 4.78. The molecule has 0 radical (unpaired) electrons. The monoisotopic (exact) mass is 372 g/mol. The second-order valence-electron chi connectivity index (χ2n) is 6.58. The van der Waals surface area contributed by atoms with Gasteiger partial charge in [-0.3, -0.25) is 19.9 Å². The van der Waals surface area contributed by atoms with E-state index < -0.39 is 23.8 Å². The first-order chi connectivity index (χ1) is 13.1. The number of carbonyl (C=O) groups is 3. The molecule has 27 heavy (non-hydrogen) atoms. The second kappa shape index (κ2) is 8.77. The van der Waals surface area contributed by atoms with Crippen LogP contribution in [0, 0.1) is 5.92 Å². The lowest BCUT2D eigenvalue weighted by Gasteiger charge is -2.29. The number of rotatable bonds is 6. The summed E-state index contributed by atoms with van der Waals surface area (Å²) in [5.41, 5.74) is 0.293. The molecule has 0 aliphatic carbocycles. The molecule has 8 nitrogen and oxygen atoms in total. The number of imide groups is 2. The smallest absolute Gasteiger partial charge is 0.335 e. The molecular formula is C19H24N4O4. The predicted octanol–water partition coefficient (Wildman–Crippen LogP) is 1.45. The van der Waals surface area contributed by atoms with E-state index in [4.69, 9.17) is 4.74 Å². The van der Waals surface area contributed by atoms with Crippen LogP contribution in [0.15, 0.2) is 29.3 Å². The van der Waals surface area contributed by atoms with Crippen molar-refractivity contribution in [3.05, 3.63) is 24.3 Å². The number of piperidine rings is 1. The number of hydrogen-bond donors (Lipinski definition) is 1. The second-order valence-corrected chi connectivity index (χ2v) is 6.58. The van der Waals surface area contributed by atoms with E-state index in [1.54, 1.807) is 24.3 Å². The molecule has 2 aliphatic rings. The van der Waals surface area contributed by atoms with E-state index in [2.05, 4.69) is 15.2 Å². The van der Waals surface area contributed by atoms with Gasteiger partial charge < -0.3 is 9.64 Å². The van der Waals surface area contributed by atoms with Gasteiger partial charge in [0.05, 0.1) is 19.3 Å². The molecule has 3 rings (SSSR count). The summed E-state index contributed by atoms with van der Waals surface area (Å²) < 4.78 is 5.23. The number of anilines is 1. The van der Waals surface area contributed by atoms with Crippen LogP contribution in [0.3, 0.4) is 0 Å². The van der Waals surface area contributed by atoms with Crippen LogP contribution in [0.4, 0.5) is 10.5 Å². The van der Waals surface area contributed by atoms with E-state index >= 15 is 0 Å². The van der Waals surface area contributed by atoms with Crippen molar-refractivity contribution in [2.24, 2.45) is 10.9 Å². The maximum absolute atomic E-state index is 12.8. The first kappa shape index (κ1) is 19.0. The Morgan fingerprint density at radius 1 is 1.19 bits per heavy atom. The van der Waals surface area contributed by atoms with E-state index in [1.165, 1.54) is 32.6 Å². The zero-order valence-corrected chi connectivity index (χ0v) is 15.4. The fraction of sp³-hybridized carbons (Fsp3) is 0.474. The summed E-state index contributed by atoms with van der Waals surface area (Å²) in [4.78, 5) is 44.7. The zero-order valence-electron chi connectivity index (χ0n) is 15.4. The topological polar surface area (TPSA) is 91.3 Å². The van der Waals surface area contributed by atoms with Crippen molar-refractivity contribution in [3.63, 3.8) is 0 Å². The van der Waals surface area contributed by atoms with E-state index in [-0.39, 0.29) is 0 Å². The Morgan fingerprint density at radius 2 is 1.93 bits per heavy atom. The van der Waals surface area contributed by atoms with Crippen LogP contribution in [0.5, 0.6) is 5.75 Å². The minimum atomic E-state index is -1.13. The Kier molecular flexibility index (Phi) is 6.18. The van der Waals surface area contributed by atoms with Crippen LogP contribution >= 0.6 is 0 Å². The Labute approximate surface area is 158 Å². The Balaban J connectivity index is 1.69. The number of hydrogen-bond acceptors (Lipinski definition) is 6. The van der Waals surface area contributed by atoms with Crippen molar-refractivity contribution in [1.29, 1.82) is 0 Å². The molecule has 8 heteroatoms. The van der Waals surface area contributed by atoms with Crippen LogP contribution in [0.2, 0.25) is 0 Å². The highest BCUT2D eigenvalue weighted by Gasteiger charge is 2.41. The van der Waals surface area contributed by atoms with Gasteiger partial charge >= 0.3 is 6.03 Å². The molecule has 2 saturated heterocycles. The normalized spacial score (nSPS) is 21.6. The lowest BCUT2D eigenvalue weighted by atomic mass is 10.1. The highest BCUT2D eigenvalue weighted by atomic mass is 16.5. The predicted molar refractivity (Wildman–Crippen MR) is 101 cm³/mol. The maximum Gasteiger partial charge on any atom is 0.335 e. The number of urea groups is 1. The molecule has 1 atom stereocenters. The van der Waals surface area contributed by atoms with E-state index in [0.29, 0.717) is 18.0 Å². The van der Waals surface area contributed by atoms with Gasteiger partial charge in [-0.1, -0.05) is 18.6 Å². The SMILES string of the molecule is COc1ccccc1N1C(=O)NC(=O)[C@H](C=NCCN2CCCCC2)C1=O. The van der Waals surface area contributed by atoms with Gasteiger partial charge in [0.2, 0.25) is 5.91 Å². The first-order valence-electron chi connectivity index (χ1n) is 9.16. The Bertz CT molecular complexity index is 743. The molecule has 144 valence electrons. The molecule has 1 aromatic carbocycles. The van der Waals surface area contributed by atoms with Crippen molar-refractivity contribution < 1.29 is 19.1 Å². The van der Waals surface area contributed by atoms with Gasteiger partial charge in [0.25, 0.3) is 5.91 Å². The molecule has 0 bridgehead atoms. The molecule has 2 fully saturated rings. The van der Waals surface area contributed by atoms with Gasteiger partial charge in [-0.15, -0.1) is 0 Å². The first-order valence-corrected chi connectivity index (χ1v) is 9.16. The molecular weight excluding hydrogens is 348 g/mol. The molecule has 1 N–H and O–H groups in total. The lowest BCUT2D eigenvalue weighted by molar-refractivity contribution is -0.131. The van der Waals surface area contributed by atoms with Crippen LogP contribution in [-0.4, -0.2) is 62.2 Å². The number of barbiturate groups is 1. The minimum absolute atomic E-state index is 0.293. The van der Waals surface area contributed by atoms with Gasteiger partial charge in [0.15, 0.2) is 5.92 Å². The molecule has 2 heterocycles. The van der Waals surface area contributed by atoms with Crippen LogP contribution < -0.4 is 15.0 Å². The molecule has 1 aromatic rings. The van der Waals surface area contributed by atoms with Gasteiger partial charge in [-0.05, 0) is 38.1 Å². The summed E-state index contributed by atoms with van der Waals surface area (Å²) in [7, 11) is 1.45. The summed E-state index contributed by atoms with van der Waals surface area (Å²) in [5.74, 6) is -2.04. The largest absolute Gasteiger partial charge is 0.495 e. The fourth-order valence-electron chi connectivity index (χ4n) is 3.33. The number of methoxy groups -OCH3 is 1. The summed E-state index contributed by atoms with van der Waals surface area (Å²) >= 11 is 0. The van der Waals surface area contributed by atoms with Crippen LogP contribution in [0.25, 0.3) is 0 Å². The summed E-state index contributed by atoms with van der Waals surface area (Å²) in [5, 5.41) is 2.22. The highest BCUT2D eigenvalue weighted by Crippen LogP contribution is 2.30. The number of aliphatic imine (C=N–C) groups is 1. The maximum atomic E-state index is 12.8. The standard InChI is InChI=1S/C19H24N4O4/c1-27-16-8-4-3-7-15(16)23-18(25)14(17(24)21-19(23)26)13-20-9-12-22-10-5-2-6-11-22/h3-4,7-8,13-14H,2,5-6,9-12H2,1H3,(H,21,24,26)/t14-/m0/s1. The number of nitrogens with one attached hydrogen (secondary N) is 1. The minimum Gasteiger partial charge on any atom is -0.495 e. The quantitative estimate of drug-likeness (QED) is 0.603. The number of likely N-dealkylation sites (tertiary alicyclic amines) is 1. The number of nitrogens with zero attached hydrogens (tertiary/aromatic N) is 3. The van der Waals surface area contributed by atoms with Crippen molar-refractivity contribution in [1.82, 2.24) is 10.2 Å². The third-order valence-electron chi connectivity index (χ3n) is 4.78. The summed E-state index contributed by atoms with van der Waals surface area (Å²) in [6, 6.07) is 5.88. The lowest BCUT2D eigenvalue weighted by Crippen LogP contribution is -2.58. The average Bonchev–Trinajstić information content (AvgIpc) is 2.68. The summed E-state index contributed by atoms with van der Waals surface area (Å²) in [6.07, 6.45) is 5.01. The van der Waals surface area contributed by atoms with Crippen LogP contribution in [0.1, 0.15) is 19.3 Å². The third kappa shape index (κ3) is 4.33. The van der Waals surface area contributed by atoms with Crippen molar-refractivity contribution in [3.8, 4) is 5.75 Å². The molecule has 0 unspecified atom stereocenters. The number of para-hydroxylation sites is 2. The average molecular weight is 372 g/mol.